The van der Waals surface area contributed by atoms with Crippen molar-refractivity contribution >= 4 is 51.7 Å². The van der Waals surface area contributed by atoms with Crippen molar-refractivity contribution in [3.05, 3.63) is 67.7 Å². The van der Waals surface area contributed by atoms with Crippen LogP contribution in [0.3, 0.4) is 0 Å². The molecular formula is C27H25Cl2F2N3O5. The molecule has 5 rings (SSSR count). The van der Waals surface area contributed by atoms with E-state index >= 15 is 4.39 Å². The Kier molecular flexibility index (Phi) is 7.43. The molecule has 1 amide bonds. The van der Waals surface area contributed by atoms with Crippen LogP contribution in [0.1, 0.15) is 41.2 Å². The molecule has 206 valence electrons. The number of amides is 1. The van der Waals surface area contributed by atoms with E-state index in [1.165, 1.54) is 23.9 Å². The van der Waals surface area contributed by atoms with Crippen molar-refractivity contribution in [3.8, 4) is 5.75 Å². The summed E-state index contributed by atoms with van der Waals surface area (Å²) in [5, 5.41) is 12.6. The molecule has 1 aliphatic heterocycles. The third kappa shape index (κ3) is 5.15. The molecule has 39 heavy (non-hydrogen) atoms. The van der Waals surface area contributed by atoms with Crippen molar-refractivity contribution in [2.24, 2.45) is 5.92 Å². The van der Waals surface area contributed by atoms with Gasteiger partial charge in [0.1, 0.15) is 17.4 Å². The third-order valence-electron chi connectivity index (χ3n) is 7.30. The van der Waals surface area contributed by atoms with Crippen LogP contribution in [0.5, 0.6) is 5.75 Å². The second kappa shape index (κ2) is 10.7. The summed E-state index contributed by atoms with van der Waals surface area (Å²) in [7, 11) is 1.33. The van der Waals surface area contributed by atoms with E-state index in [0.29, 0.717) is 28.5 Å². The number of carboxylic acids is 1. The van der Waals surface area contributed by atoms with Gasteiger partial charge in [0.25, 0.3) is 5.91 Å². The van der Waals surface area contributed by atoms with E-state index in [0.717, 1.165) is 6.07 Å². The summed E-state index contributed by atoms with van der Waals surface area (Å²) >= 11 is 12.1. The van der Waals surface area contributed by atoms with E-state index in [1.807, 2.05) is 0 Å². The van der Waals surface area contributed by atoms with E-state index in [4.69, 9.17) is 27.9 Å². The molecule has 1 saturated heterocycles. The highest BCUT2D eigenvalue weighted by Crippen LogP contribution is 2.45. The van der Waals surface area contributed by atoms with Gasteiger partial charge in [-0.05, 0) is 36.6 Å². The smallest absolute Gasteiger partial charge is 0.306 e. The predicted molar refractivity (Wildman–Crippen MR) is 143 cm³/mol. The topological polar surface area (TPSA) is 101 Å². The van der Waals surface area contributed by atoms with E-state index in [9.17, 15) is 23.9 Å². The Morgan fingerprint density at radius 3 is 2.49 bits per heavy atom. The maximum atomic E-state index is 15.6. The van der Waals surface area contributed by atoms with Gasteiger partial charge >= 0.3 is 5.97 Å². The molecule has 2 N–H and O–H groups in total. The van der Waals surface area contributed by atoms with Crippen molar-refractivity contribution in [1.29, 1.82) is 0 Å². The summed E-state index contributed by atoms with van der Waals surface area (Å²) in [5.74, 6) is -2.88. The first-order valence-electron chi connectivity index (χ1n) is 12.4. The van der Waals surface area contributed by atoms with Crippen LogP contribution < -0.4 is 20.4 Å². The first-order valence-corrected chi connectivity index (χ1v) is 13.2. The maximum Gasteiger partial charge on any atom is 0.306 e. The molecule has 2 heterocycles. The van der Waals surface area contributed by atoms with Gasteiger partial charge < -0.3 is 24.6 Å². The Morgan fingerprint density at radius 1 is 1.21 bits per heavy atom. The highest BCUT2D eigenvalue weighted by atomic mass is 35.5. The molecule has 2 aliphatic rings. The fourth-order valence-corrected chi connectivity index (χ4v) is 5.56. The minimum Gasteiger partial charge on any atom is -0.492 e. The van der Waals surface area contributed by atoms with Gasteiger partial charge in [-0.25, -0.2) is 8.78 Å². The van der Waals surface area contributed by atoms with Crippen LogP contribution in [0.25, 0.3) is 10.9 Å². The summed E-state index contributed by atoms with van der Waals surface area (Å²) in [6, 6.07) is 5.16. The highest BCUT2D eigenvalue weighted by molar-refractivity contribution is 6.35. The summed E-state index contributed by atoms with van der Waals surface area (Å²) in [4.78, 5) is 39.6. The molecule has 2 atom stereocenters. The Hall–Kier alpha value is -3.37. The molecule has 0 bridgehead atoms. The third-order valence-corrected chi connectivity index (χ3v) is 7.89. The first kappa shape index (κ1) is 27.2. The Labute approximate surface area is 232 Å². The predicted octanol–water partition coefficient (Wildman–Crippen LogP) is 4.97. The average Bonchev–Trinajstić information content (AvgIpc) is 3.63. The standard InChI is InChI=1S/C27H25Cl2F2N3O5/c1-39-25-22-16(9-20(31)23(25)33-6-4-13(5-7-33)27(37)38)24(35)17(12-34(22)21-10-19(21)30)26(36)32-11-14-2-3-15(28)8-18(14)29/h2-3,8-9,12-13,19,21H,4-7,10-11H2,1H3,(H,32,36)(H,37,38)/t19-,21?/m1/s1. The quantitative estimate of drug-likeness (QED) is 0.410. The van der Waals surface area contributed by atoms with Crippen LogP contribution in [-0.4, -0.2) is 47.9 Å². The minimum atomic E-state index is -1.20. The number of piperidine rings is 1. The number of aromatic nitrogens is 1. The number of fused-ring (bicyclic) bond motifs is 1. The fraction of sp³-hybridized carbons (Fsp3) is 0.370. The lowest BCUT2D eigenvalue weighted by Crippen LogP contribution is -2.37. The Balaban J connectivity index is 1.56. The number of hydrogen-bond donors (Lipinski definition) is 2. The van der Waals surface area contributed by atoms with E-state index in [2.05, 4.69) is 5.32 Å². The van der Waals surface area contributed by atoms with E-state index in [-0.39, 0.29) is 54.0 Å². The number of nitrogens with one attached hydrogen (secondary N) is 1. The van der Waals surface area contributed by atoms with Gasteiger partial charge in [-0.3, -0.25) is 14.4 Å². The number of nitrogens with zero attached hydrogens (tertiary/aromatic N) is 2. The van der Waals surface area contributed by atoms with Gasteiger partial charge in [0.05, 0.1) is 30.0 Å². The highest BCUT2D eigenvalue weighted by Gasteiger charge is 2.41. The lowest BCUT2D eigenvalue weighted by molar-refractivity contribution is -0.142. The van der Waals surface area contributed by atoms with Crippen LogP contribution in [0.2, 0.25) is 10.0 Å². The van der Waals surface area contributed by atoms with Gasteiger partial charge in [0, 0.05) is 42.3 Å². The number of benzene rings is 2. The van der Waals surface area contributed by atoms with Gasteiger partial charge in [0.15, 0.2) is 11.6 Å². The van der Waals surface area contributed by atoms with Gasteiger partial charge in [-0.2, -0.15) is 0 Å². The van der Waals surface area contributed by atoms with E-state index in [1.54, 1.807) is 17.0 Å². The Bertz CT molecular complexity index is 1540. The SMILES string of the molecule is COc1c(N2CCC(C(=O)O)CC2)c(F)cc2c(=O)c(C(=O)NCc3ccc(Cl)cc3Cl)cn(C3C[C@H]3F)c12. The first-order chi connectivity index (χ1) is 18.6. The van der Waals surface area contributed by atoms with Crippen molar-refractivity contribution in [2.75, 3.05) is 25.1 Å². The number of pyridine rings is 1. The lowest BCUT2D eigenvalue weighted by atomic mass is 9.96. The minimum absolute atomic E-state index is 0.00436. The molecule has 12 heteroatoms. The molecule has 1 unspecified atom stereocenters. The fourth-order valence-electron chi connectivity index (χ4n) is 5.08. The molecular weight excluding hydrogens is 555 g/mol. The second-order valence-corrected chi connectivity index (χ2v) is 10.6. The summed E-state index contributed by atoms with van der Waals surface area (Å²) in [5.41, 5.74) is -0.173. The second-order valence-electron chi connectivity index (χ2n) is 9.75. The zero-order valence-electron chi connectivity index (χ0n) is 20.8. The zero-order chi connectivity index (χ0) is 28.0. The zero-order valence-corrected chi connectivity index (χ0v) is 22.4. The van der Waals surface area contributed by atoms with Gasteiger partial charge in [-0.1, -0.05) is 29.3 Å². The van der Waals surface area contributed by atoms with Crippen LogP contribution in [0.4, 0.5) is 14.5 Å². The number of aliphatic carboxylic acids is 1. The number of halogens is 4. The normalized spacial score (nSPS) is 19.3. The van der Waals surface area contributed by atoms with Crippen LogP contribution in [-0.2, 0) is 11.3 Å². The number of methoxy groups -OCH3 is 1. The van der Waals surface area contributed by atoms with Crippen molar-refractivity contribution < 1.29 is 28.2 Å². The molecule has 0 radical (unpaired) electrons. The number of carbonyl (C=O) groups is 2. The molecule has 0 spiro atoms. The molecule has 2 fully saturated rings. The monoisotopic (exact) mass is 579 g/mol. The summed E-state index contributed by atoms with van der Waals surface area (Å²) in [6.45, 7) is 0.538. The molecule has 1 aliphatic carbocycles. The number of anilines is 1. The molecule has 2 aromatic carbocycles. The van der Waals surface area contributed by atoms with Crippen LogP contribution >= 0.6 is 23.2 Å². The van der Waals surface area contributed by atoms with Gasteiger partial charge in [0.2, 0.25) is 5.43 Å². The van der Waals surface area contributed by atoms with Crippen LogP contribution in [0.15, 0.2) is 35.3 Å². The lowest BCUT2D eigenvalue weighted by Gasteiger charge is -2.33. The number of carbonyl (C=O) groups excluding carboxylic acids is 1. The van der Waals surface area contributed by atoms with Gasteiger partial charge in [-0.15, -0.1) is 0 Å². The largest absolute Gasteiger partial charge is 0.492 e. The number of carboxylic acid groups (broad SMARTS) is 1. The number of hydrogen-bond acceptors (Lipinski definition) is 5. The number of ether oxygens (including phenoxy) is 1. The summed E-state index contributed by atoms with van der Waals surface area (Å²) in [6.07, 6.45) is 0.876. The summed E-state index contributed by atoms with van der Waals surface area (Å²) < 4.78 is 37.0. The molecule has 8 nitrogen and oxygen atoms in total. The Morgan fingerprint density at radius 2 is 1.90 bits per heavy atom. The van der Waals surface area contributed by atoms with Crippen molar-refractivity contribution in [1.82, 2.24) is 9.88 Å². The average molecular weight is 580 g/mol. The number of rotatable bonds is 7. The molecule has 1 saturated carbocycles. The molecule has 1 aromatic heterocycles. The van der Waals surface area contributed by atoms with Crippen molar-refractivity contribution in [2.45, 2.75) is 38.0 Å². The van der Waals surface area contributed by atoms with E-state index < -0.39 is 41.3 Å². The molecule has 3 aromatic rings. The van der Waals surface area contributed by atoms with Crippen molar-refractivity contribution in [3.63, 3.8) is 0 Å². The van der Waals surface area contributed by atoms with Crippen LogP contribution in [0, 0.1) is 11.7 Å². The maximum absolute atomic E-state index is 15.6. The number of alkyl halides is 1.